The number of hydrogen-bond acceptors (Lipinski definition) is 5. The lowest BCUT2D eigenvalue weighted by molar-refractivity contribution is 0.0949. The van der Waals surface area contributed by atoms with Gasteiger partial charge in [0.15, 0.2) is 5.69 Å². The van der Waals surface area contributed by atoms with Crippen molar-refractivity contribution < 1.29 is 9.21 Å². The van der Waals surface area contributed by atoms with E-state index in [4.69, 9.17) is 16.0 Å². The van der Waals surface area contributed by atoms with Crippen molar-refractivity contribution in [2.75, 3.05) is 6.54 Å². The maximum atomic E-state index is 12.4. The SMILES string of the molecule is CC(C)C(C)N(Cc1ccc(Cl)cc1)Cc1nc(C(=O)NCCc2ccccn2)co1. The molecule has 0 aliphatic heterocycles. The third-order valence-electron chi connectivity index (χ3n) is 5.36. The number of rotatable bonds is 10. The number of carbonyl (C=O) groups excluding carboxylic acids is 1. The molecular formula is C24H29ClN4O2. The van der Waals surface area contributed by atoms with E-state index in [-0.39, 0.29) is 5.91 Å². The van der Waals surface area contributed by atoms with E-state index in [2.05, 4.69) is 41.0 Å². The van der Waals surface area contributed by atoms with Crippen molar-refractivity contribution in [2.24, 2.45) is 5.92 Å². The van der Waals surface area contributed by atoms with Gasteiger partial charge in [-0.1, -0.05) is 43.6 Å². The van der Waals surface area contributed by atoms with Crippen molar-refractivity contribution in [3.8, 4) is 0 Å². The number of hydrogen-bond donors (Lipinski definition) is 1. The summed E-state index contributed by atoms with van der Waals surface area (Å²) in [5, 5.41) is 3.59. The van der Waals surface area contributed by atoms with Gasteiger partial charge in [0.1, 0.15) is 6.26 Å². The predicted molar refractivity (Wildman–Crippen MR) is 122 cm³/mol. The van der Waals surface area contributed by atoms with Crippen LogP contribution in [0.1, 0.15) is 48.4 Å². The average Bonchev–Trinajstić information content (AvgIpc) is 3.23. The van der Waals surface area contributed by atoms with Crippen molar-refractivity contribution in [1.82, 2.24) is 20.2 Å². The first-order chi connectivity index (χ1) is 14.9. The van der Waals surface area contributed by atoms with Gasteiger partial charge in [-0.25, -0.2) is 4.98 Å². The lowest BCUT2D eigenvalue weighted by atomic mass is 10.0. The van der Waals surface area contributed by atoms with Gasteiger partial charge >= 0.3 is 0 Å². The zero-order valence-corrected chi connectivity index (χ0v) is 19.0. The van der Waals surface area contributed by atoms with E-state index in [0.29, 0.717) is 43.1 Å². The normalized spacial score (nSPS) is 12.3. The molecule has 31 heavy (non-hydrogen) atoms. The van der Waals surface area contributed by atoms with Gasteiger partial charge in [-0.3, -0.25) is 14.7 Å². The molecular weight excluding hydrogens is 412 g/mol. The Bertz CT molecular complexity index is 957. The molecule has 0 radical (unpaired) electrons. The van der Waals surface area contributed by atoms with Gasteiger partial charge in [0, 0.05) is 42.5 Å². The molecule has 1 amide bonds. The molecule has 0 aliphatic rings. The van der Waals surface area contributed by atoms with Crippen LogP contribution in [0.15, 0.2) is 59.3 Å². The monoisotopic (exact) mass is 440 g/mol. The highest BCUT2D eigenvalue weighted by atomic mass is 35.5. The van der Waals surface area contributed by atoms with Crippen molar-refractivity contribution >= 4 is 17.5 Å². The van der Waals surface area contributed by atoms with Crippen molar-refractivity contribution in [2.45, 2.75) is 46.3 Å². The zero-order chi connectivity index (χ0) is 22.2. The van der Waals surface area contributed by atoms with Crippen LogP contribution in [-0.2, 0) is 19.5 Å². The van der Waals surface area contributed by atoms with Gasteiger partial charge in [-0.2, -0.15) is 0 Å². The summed E-state index contributed by atoms with van der Waals surface area (Å²) in [5.74, 6) is 0.736. The Morgan fingerprint density at radius 3 is 2.58 bits per heavy atom. The summed E-state index contributed by atoms with van der Waals surface area (Å²) in [4.78, 5) is 23.4. The topological polar surface area (TPSA) is 71.3 Å². The van der Waals surface area contributed by atoms with E-state index in [9.17, 15) is 4.79 Å². The molecule has 0 saturated heterocycles. The Labute approximate surface area is 188 Å². The Morgan fingerprint density at radius 1 is 1.13 bits per heavy atom. The second kappa shape index (κ2) is 11.1. The van der Waals surface area contributed by atoms with Gasteiger partial charge < -0.3 is 9.73 Å². The zero-order valence-electron chi connectivity index (χ0n) is 18.2. The third-order valence-corrected chi connectivity index (χ3v) is 5.61. The van der Waals surface area contributed by atoms with Gasteiger partial charge in [0.05, 0.1) is 6.54 Å². The Morgan fingerprint density at radius 2 is 1.90 bits per heavy atom. The molecule has 1 unspecified atom stereocenters. The highest BCUT2D eigenvalue weighted by Crippen LogP contribution is 2.19. The Kier molecular flexibility index (Phi) is 8.20. The highest BCUT2D eigenvalue weighted by Gasteiger charge is 2.21. The number of halogens is 1. The number of nitrogens with zero attached hydrogens (tertiary/aromatic N) is 3. The summed E-state index contributed by atoms with van der Waals surface area (Å²) >= 11 is 6.01. The number of carbonyl (C=O) groups is 1. The first-order valence-electron chi connectivity index (χ1n) is 10.5. The van der Waals surface area contributed by atoms with Crippen molar-refractivity contribution in [3.05, 3.63) is 82.8 Å². The molecule has 7 heteroatoms. The summed E-state index contributed by atoms with van der Waals surface area (Å²) in [6.45, 7) is 8.32. The van der Waals surface area contributed by atoms with Crippen LogP contribution in [-0.4, -0.2) is 33.4 Å². The fraction of sp³-hybridized carbons (Fsp3) is 0.375. The van der Waals surface area contributed by atoms with E-state index >= 15 is 0 Å². The number of pyridine rings is 1. The van der Waals surface area contributed by atoms with Gasteiger partial charge in [0.2, 0.25) is 5.89 Å². The first kappa shape index (κ1) is 23.0. The maximum Gasteiger partial charge on any atom is 0.273 e. The Balaban J connectivity index is 1.60. The van der Waals surface area contributed by atoms with Crippen LogP contribution in [0.2, 0.25) is 5.02 Å². The quantitative estimate of drug-likeness (QED) is 0.493. The summed E-state index contributed by atoms with van der Waals surface area (Å²) < 4.78 is 5.62. The first-order valence-corrected chi connectivity index (χ1v) is 10.9. The summed E-state index contributed by atoms with van der Waals surface area (Å²) in [6, 6.07) is 13.9. The lowest BCUT2D eigenvalue weighted by Gasteiger charge is -2.30. The van der Waals surface area contributed by atoms with Crippen LogP contribution in [0.25, 0.3) is 0 Å². The van der Waals surface area contributed by atoms with Crippen LogP contribution >= 0.6 is 11.6 Å². The summed E-state index contributed by atoms with van der Waals surface area (Å²) in [5.41, 5.74) is 2.39. The number of amides is 1. The molecule has 3 rings (SSSR count). The molecule has 0 bridgehead atoms. The van der Waals surface area contributed by atoms with Crippen molar-refractivity contribution in [3.63, 3.8) is 0 Å². The minimum Gasteiger partial charge on any atom is -0.447 e. The molecule has 2 aromatic heterocycles. The second-order valence-corrected chi connectivity index (χ2v) is 8.41. The molecule has 1 aromatic carbocycles. The molecule has 0 spiro atoms. The van der Waals surface area contributed by atoms with Crippen LogP contribution in [0.4, 0.5) is 0 Å². The van der Waals surface area contributed by atoms with E-state index in [1.54, 1.807) is 6.20 Å². The molecule has 2 heterocycles. The minimum atomic E-state index is -0.243. The summed E-state index contributed by atoms with van der Waals surface area (Å²) in [7, 11) is 0. The molecule has 1 atom stereocenters. The van der Waals surface area contributed by atoms with Gasteiger partial charge in [-0.15, -0.1) is 0 Å². The second-order valence-electron chi connectivity index (χ2n) is 7.97. The van der Waals surface area contributed by atoms with E-state index in [1.165, 1.54) is 6.26 Å². The number of oxazole rings is 1. The molecule has 1 N–H and O–H groups in total. The summed E-state index contributed by atoms with van der Waals surface area (Å²) in [6.07, 6.45) is 3.83. The highest BCUT2D eigenvalue weighted by molar-refractivity contribution is 6.30. The molecule has 0 saturated carbocycles. The van der Waals surface area contributed by atoms with E-state index in [0.717, 1.165) is 22.8 Å². The molecule has 164 valence electrons. The largest absolute Gasteiger partial charge is 0.447 e. The van der Waals surface area contributed by atoms with Crippen LogP contribution in [0.3, 0.4) is 0 Å². The molecule has 0 fully saturated rings. The lowest BCUT2D eigenvalue weighted by Crippen LogP contribution is -2.36. The average molecular weight is 441 g/mol. The van der Waals surface area contributed by atoms with Gasteiger partial charge in [-0.05, 0) is 42.7 Å². The Hall–Kier alpha value is -2.70. The van der Waals surface area contributed by atoms with Crippen LogP contribution < -0.4 is 5.32 Å². The van der Waals surface area contributed by atoms with Crippen molar-refractivity contribution in [1.29, 1.82) is 0 Å². The fourth-order valence-corrected chi connectivity index (χ4v) is 3.32. The standard InChI is InChI=1S/C24H29ClN4O2/c1-17(2)18(3)29(14-19-7-9-20(25)10-8-19)15-23-28-22(16-31-23)24(30)27-13-11-21-6-4-5-12-26-21/h4-10,12,16-18H,11,13-15H2,1-3H3,(H,27,30). The molecule has 6 nitrogen and oxygen atoms in total. The number of aromatic nitrogens is 2. The molecule has 3 aromatic rings. The minimum absolute atomic E-state index is 0.243. The predicted octanol–water partition coefficient (Wildman–Crippen LogP) is 4.74. The van der Waals surface area contributed by atoms with E-state index in [1.807, 2.05) is 42.5 Å². The molecule has 0 aliphatic carbocycles. The number of nitrogens with one attached hydrogen (secondary N) is 1. The number of benzene rings is 1. The third kappa shape index (κ3) is 6.91. The van der Waals surface area contributed by atoms with E-state index < -0.39 is 0 Å². The maximum absolute atomic E-state index is 12.4. The van der Waals surface area contributed by atoms with Crippen LogP contribution in [0, 0.1) is 5.92 Å². The van der Waals surface area contributed by atoms with Gasteiger partial charge in [0.25, 0.3) is 5.91 Å². The smallest absolute Gasteiger partial charge is 0.273 e. The fourth-order valence-electron chi connectivity index (χ4n) is 3.19. The van der Waals surface area contributed by atoms with Crippen LogP contribution in [0.5, 0.6) is 0 Å².